The van der Waals surface area contributed by atoms with E-state index < -0.39 is 17.5 Å². The summed E-state index contributed by atoms with van der Waals surface area (Å²) in [6.07, 6.45) is -0.678. The van der Waals surface area contributed by atoms with Gasteiger partial charge in [-0.05, 0) is 27.2 Å². The van der Waals surface area contributed by atoms with E-state index in [1.165, 1.54) is 0 Å². The molecule has 2 N–H and O–H groups in total. The molecule has 0 amide bonds. The number of carbonyl (C=O) groups is 1. The molecule has 0 radical (unpaired) electrons. The molecule has 0 aliphatic heterocycles. The van der Waals surface area contributed by atoms with Crippen LogP contribution in [0.2, 0.25) is 0 Å². The monoisotopic (exact) mass is 190 g/mol. The van der Waals surface area contributed by atoms with Gasteiger partial charge in [0.05, 0.1) is 18.1 Å². The van der Waals surface area contributed by atoms with Gasteiger partial charge in [0.25, 0.3) is 0 Å². The normalized spacial score (nSPS) is 13.9. The standard InChI is InChI=1S/C9H18O4/c1-4-13-8(12)9(2,3)7(11)5-6-10/h7,10-11H,4-6H2,1-3H3/t7-/m0/s1. The highest BCUT2D eigenvalue weighted by Gasteiger charge is 2.36. The first-order valence-electron chi connectivity index (χ1n) is 4.43. The van der Waals surface area contributed by atoms with Crippen LogP contribution in [0.3, 0.4) is 0 Å². The Morgan fingerprint density at radius 3 is 2.46 bits per heavy atom. The van der Waals surface area contributed by atoms with Gasteiger partial charge in [0, 0.05) is 6.61 Å². The molecule has 4 nitrogen and oxygen atoms in total. The van der Waals surface area contributed by atoms with Crippen LogP contribution in [-0.4, -0.2) is 35.5 Å². The number of aliphatic hydroxyl groups is 2. The smallest absolute Gasteiger partial charge is 0.314 e. The summed E-state index contributed by atoms with van der Waals surface area (Å²) in [7, 11) is 0. The SMILES string of the molecule is CCOC(=O)C(C)(C)[C@@H](O)CCO. The largest absolute Gasteiger partial charge is 0.466 e. The van der Waals surface area contributed by atoms with Gasteiger partial charge in [0.15, 0.2) is 0 Å². The minimum atomic E-state index is -0.946. The first-order chi connectivity index (χ1) is 5.96. The average molecular weight is 190 g/mol. The van der Waals surface area contributed by atoms with Gasteiger partial charge in [-0.2, -0.15) is 0 Å². The summed E-state index contributed by atoms with van der Waals surface area (Å²) in [5.41, 5.74) is -0.946. The summed E-state index contributed by atoms with van der Waals surface area (Å²) < 4.78 is 4.79. The van der Waals surface area contributed by atoms with Crippen molar-refractivity contribution in [2.24, 2.45) is 5.41 Å². The zero-order chi connectivity index (χ0) is 10.5. The Bertz CT molecular complexity index is 165. The fraction of sp³-hybridized carbons (Fsp3) is 0.889. The predicted molar refractivity (Wildman–Crippen MR) is 48.1 cm³/mol. The maximum atomic E-state index is 11.3. The summed E-state index contributed by atoms with van der Waals surface area (Å²) in [5.74, 6) is -0.434. The fourth-order valence-electron chi connectivity index (χ4n) is 0.936. The number of aliphatic hydroxyl groups excluding tert-OH is 2. The molecule has 0 rings (SSSR count). The number of rotatable bonds is 5. The summed E-state index contributed by atoms with van der Waals surface area (Å²) in [5, 5.41) is 18.1. The lowest BCUT2D eigenvalue weighted by atomic mass is 9.85. The Labute approximate surface area is 78.5 Å². The van der Waals surface area contributed by atoms with E-state index >= 15 is 0 Å². The maximum absolute atomic E-state index is 11.3. The second kappa shape index (κ2) is 5.19. The molecule has 0 bridgehead atoms. The molecule has 0 aromatic carbocycles. The van der Waals surface area contributed by atoms with Crippen molar-refractivity contribution in [3.63, 3.8) is 0 Å². The third kappa shape index (κ3) is 3.32. The van der Waals surface area contributed by atoms with E-state index in [1.807, 2.05) is 0 Å². The Balaban J connectivity index is 4.26. The lowest BCUT2D eigenvalue weighted by Crippen LogP contribution is -2.39. The van der Waals surface area contributed by atoms with E-state index in [-0.39, 0.29) is 13.0 Å². The molecule has 0 aromatic heterocycles. The number of esters is 1. The van der Waals surface area contributed by atoms with Crippen molar-refractivity contribution < 1.29 is 19.7 Å². The van der Waals surface area contributed by atoms with Crippen molar-refractivity contribution in [2.75, 3.05) is 13.2 Å². The predicted octanol–water partition coefficient (Wildman–Crippen LogP) is 0.319. The molecular formula is C9H18O4. The summed E-state index contributed by atoms with van der Waals surface area (Å²) >= 11 is 0. The molecule has 0 aliphatic carbocycles. The topological polar surface area (TPSA) is 66.8 Å². The van der Waals surface area contributed by atoms with Gasteiger partial charge >= 0.3 is 5.97 Å². The minimum Gasteiger partial charge on any atom is -0.466 e. The van der Waals surface area contributed by atoms with Crippen molar-refractivity contribution in [1.29, 1.82) is 0 Å². The highest BCUT2D eigenvalue weighted by atomic mass is 16.5. The van der Waals surface area contributed by atoms with Crippen LogP contribution in [0.1, 0.15) is 27.2 Å². The molecule has 4 heteroatoms. The Kier molecular flexibility index (Phi) is 4.95. The Morgan fingerprint density at radius 2 is 2.08 bits per heavy atom. The first kappa shape index (κ1) is 12.4. The molecule has 0 unspecified atom stereocenters. The van der Waals surface area contributed by atoms with E-state index in [2.05, 4.69) is 0 Å². The van der Waals surface area contributed by atoms with E-state index in [0.717, 1.165) is 0 Å². The second-order valence-corrected chi connectivity index (χ2v) is 3.47. The van der Waals surface area contributed by atoms with Crippen LogP contribution in [0.4, 0.5) is 0 Å². The Hall–Kier alpha value is -0.610. The van der Waals surface area contributed by atoms with Gasteiger partial charge in [0.2, 0.25) is 0 Å². The van der Waals surface area contributed by atoms with Crippen molar-refractivity contribution >= 4 is 5.97 Å². The van der Waals surface area contributed by atoms with Crippen LogP contribution in [0.5, 0.6) is 0 Å². The molecule has 78 valence electrons. The van der Waals surface area contributed by atoms with Crippen LogP contribution >= 0.6 is 0 Å². The third-order valence-electron chi connectivity index (χ3n) is 2.04. The molecule has 13 heavy (non-hydrogen) atoms. The molecule has 0 heterocycles. The first-order valence-corrected chi connectivity index (χ1v) is 4.43. The van der Waals surface area contributed by atoms with E-state index in [0.29, 0.717) is 6.61 Å². The van der Waals surface area contributed by atoms with Gasteiger partial charge < -0.3 is 14.9 Å². The van der Waals surface area contributed by atoms with Gasteiger partial charge in [0.1, 0.15) is 0 Å². The van der Waals surface area contributed by atoms with Crippen LogP contribution in [0.25, 0.3) is 0 Å². The van der Waals surface area contributed by atoms with Crippen molar-refractivity contribution in [1.82, 2.24) is 0 Å². The number of carbonyl (C=O) groups excluding carboxylic acids is 1. The summed E-state index contributed by atoms with van der Waals surface area (Å²) in [6, 6.07) is 0. The van der Waals surface area contributed by atoms with Crippen LogP contribution in [0.15, 0.2) is 0 Å². The van der Waals surface area contributed by atoms with Gasteiger partial charge in [-0.25, -0.2) is 0 Å². The maximum Gasteiger partial charge on any atom is 0.314 e. The van der Waals surface area contributed by atoms with Gasteiger partial charge in [-0.15, -0.1) is 0 Å². The zero-order valence-corrected chi connectivity index (χ0v) is 8.41. The van der Waals surface area contributed by atoms with Crippen LogP contribution in [0, 0.1) is 5.41 Å². The number of ether oxygens (including phenoxy) is 1. The zero-order valence-electron chi connectivity index (χ0n) is 8.41. The van der Waals surface area contributed by atoms with Crippen molar-refractivity contribution in [3.8, 4) is 0 Å². The lowest BCUT2D eigenvalue weighted by molar-refractivity contribution is -0.160. The fourth-order valence-corrected chi connectivity index (χ4v) is 0.936. The van der Waals surface area contributed by atoms with E-state index in [4.69, 9.17) is 9.84 Å². The average Bonchev–Trinajstić information content (AvgIpc) is 2.05. The molecule has 0 saturated heterocycles. The van der Waals surface area contributed by atoms with E-state index in [1.54, 1.807) is 20.8 Å². The van der Waals surface area contributed by atoms with Crippen molar-refractivity contribution in [3.05, 3.63) is 0 Å². The molecule has 1 atom stereocenters. The minimum absolute atomic E-state index is 0.135. The summed E-state index contributed by atoms with van der Waals surface area (Å²) in [4.78, 5) is 11.3. The lowest BCUT2D eigenvalue weighted by Gasteiger charge is -2.27. The molecule has 0 fully saturated rings. The third-order valence-corrected chi connectivity index (χ3v) is 2.04. The Morgan fingerprint density at radius 1 is 1.54 bits per heavy atom. The van der Waals surface area contributed by atoms with E-state index in [9.17, 15) is 9.90 Å². The van der Waals surface area contributed by atoms with Crippen LogP contribution < -0.4 is 0 Å². The van der Waals surface area contributed by atoms with Crippen molar-refractivity contribution in [2.45, 2.75) is 33.3 Å². The molecular weight excluding hydrogens is 172 g/mol. The highest BCUT2D eigenvalue weighted by Crippen LogP contribution is 2.24. The second-order valence-electron chi connectivity index (χ2n) is 3.47. The molecule has 0 aromatic rings. The quantitative estimate of drug-likeness (QED) is 0.613. The van der Waals surface area contributed by atoms with Gasteiger partial charge in [-0.1, -0.05) is 0 Å². The molecule has 0 spiro atoms. The van der Waals surface area contributed by atoms with Gasteiger partial charge in [-0.3, -0.25) is 4.79 Å². The summed E-state index contributed by atoms with van der Waals surface area (Å²) in [6.45, 7) is 5.08. The van der Waals surface area contributed by atoms with Crippen LogP contribution in [-0.2, 0) is 9.53 Å². The molecule has 0 saturated carbocycles. The number of hydrogen-bond donors (Lipinski definition) is 2. The molecule has 0 aliphatic rings. The highest BCUT2D eigenvalue weighted by molar-refractivity contribution is 5.76. The number of hydrogen-bond acceptors (Lipinski definition) is 4.